The third-order valence-corrected chi connectivity index (χ3v) is 4.32. The van der Waals surface area contributed by atoms with E-state index >= 15 is 0 Å². The van der Waals surface area contributed by atoms with Crippen molar-refractivity contribution in [2.24, 2.45) is 4.99 Å². The van der Waals surface area contributed by atoms with Crippen LogP contribution in [0.2, 0.25) is 0 Å². The Hall–Kier alpha value is -1.02. The van der Waals surface area contributed by atoms with E-state index in [0.29, 0.717) is 0 Å². The van der Waals surface area contributed by atoms with Crippen molar-refractivity contribution in [3.8, 4) is 5.75 Å². The predicted molar refractivity (Wildman–Crippen MR) is 127 cm³/mol. The number of aliphatic imine (C=N–C) groups is 1. The minimum atomic E-state index is 0. The van der Waals surface area contributed by atoms with Crippen molar-refractivity contribution < 1.29 is 4.74 Å². The fourth-order valence-corrected chi connectivity index (χ4v) is 2.89. The summed E-state index contributed by atoms with van der Waals surface area (Å²) in [6, 6.07) is 8.16. The summed E-state index contributed by atoms with van der Waals surface area (Å²) in [6.07, 6.45) is 6.32. The largest absolute Gasteiger partial charge is 0.496 e. The summed E-state index contributed by atoms with van der Waals surface area (Å²) < 4.78 is 5.46. The second-order valence-corrected chi connectivity index (χ2v) is 6.97. The number of ether oxygens (including phenoxy) is 1. The Bertz CT molecular complexity index is 523. The standard InChI is InChI=1S/C21H38N4O.HI/c1-6-22-21(23-16-12-8-7-9-13-17-24(2)3)25(4)18-19-14-10-11-15-20(19)26-5;/h10-11,14-15H,6-9,12-13,16-18H2,1-5H3,(H,22,23);1H. The van der Waals surface area contributed by atoms with E-state index in [4.69, 9.17) is 9.73 Å². The lowest BCUT2D eigenvalue weighted by Gasteiger charge is -2.23. The second kappa shape index (κ2) is 16.0. The van der Waals surface area contributed by atoms with Gasteiger partial charge in [0.15, 0.2) is 5.96 Å². The summed E-state index contributed by atoms with van der Waals surface area (Å²) in [5.41, 5.74) is 1.17. The molecule has 0 saturated carbocycles. The van der Waals surface area contributed by atoms with Gasteiger partial charge in [0.05, 0.1) is 7.11 Å². The Labute approximate surface area is 183 Å². The molecule has 156 valence electrons. The highest BCUT2D eigenvalue weighted by atomic mass is 127. The maximum atomic E-state index is 5.46. The number of rotatable bonds is 12. The van der Waals surface area contributed by atoms with Gasteiger partial charge in [-0.2, -0.15) is 0 Å². The number of para-hydroxylation sites is 1. The number of methoxy groups -OCH3 is 1. The number of halogens is 1. The van der Waals surface area contributed by atoms with Crippen LogP contribution in [-0.2, 0) is 6.54 Å². The first-order chi connectivity index (χ1) is 12.6. The first-order valence-corrected chi connectivity index (χ1v) is 9.84. The number of hydrogen-bond acceptors (Lipinski definition) is 3. The molecule has 0 amide bonds. The van der Waals surface area contributed by atoms with E-state index in [1.807, 2.05) is 18.2 Å². The summed E-state index contributed by atoms with van der Waals surface area (Å²) in [5, 5.41) is 3.39. The van der Waals surface area contributed by atoms with Crippen LogP contribution < -0.4 is 10.1 Å². The molecular weight excluding hydrogens is 451 g/mol. The van der Waals surface area contributed by atoms with Crippen LogP contribution in [0, 0.1) is 0 Å². The first kappa shape index (κ1) is 26.0. The molecule has 0 unspecified atom stereocenters. The first-order valence-electron chi connectivity index (χ1n) is 9.84. The fourth-order valence-electron chi connectivity index (χ4n) is 2.89. The number of unbranched alkanes of at least 4 members (excludes halogenated alkanes) is 4. The Morgan fingerprint density at radius 2 is 1.70 bits per heavy atom. The van der Waals surface area contributed by atoms with Gasteiger partial charge < -0.3 is 19.9 Å². The van der Waals surface area contributed by atoms with Crippen LogP contribution in [0.5, 0.6) is 5.75 Å². The van der Waals surface area contributed by atoms with Gasteiger partial charge in [-0.25, -0.2) is 0 Å². The van der Waals surface area contributed by atoms with Crippen LogP contribution in [0.3, 0.4) is 0 Å². The van der Waals surface area contributed by atoms with E-state index in [1.54, 1.807) is 7.11 Å². The smallest absolute Gasteiger partial charge is 0.193 e. The maximum Gasteiger partial charge on any atom is 0.193 e. The highest BCUT2D eigenvalue weighted by molar-refractivity contribution is 14.0. The second-order valence-electron chi connectivity index (χ2n) is 6.97. The zero-order valence-corrected chi connectivity index (χ0v) is 20.2. The molecule has 1 N–H and O–H groups in total. The van der Waals surface area contributed by atoms with Crippen molar-refractivity contribution in [2.45, 2.75) is 45.6 Å². The molecule has 0 atom stereocenters. The lowest BCUT2D eigenvalue weighted by Crippen LogP contribution is -2.38. The van der Waals surface area contributed by atoms with Crippen molar-refractivity contribution in [1.82, 2.24) is 15.1 Å². The lowest BCUT2D eigenvalue weighted by atomic mass is 10.1. The minimum Gasteiger partial charge on any atom is -0.496 e. The molecule has 0 spiro atoms. The third kappa shape index (κ3) is 11.4. The number of nitrogens with zero attached hydrogens (tertiary/aromatic N) is 3. The SMILES string of the molecule is CCNC(=NCCCCCCCN(C)C)N(C)Cc1ccccc1OC.I. The molecule has 0 bridgehead atoms. The van der Waals surface area contributed by atoms with Gasteiger partial charge >= 0.3 is 0 Å². The van der Waals surface area contributed by atoms with Gasteiger partial charge in [0, 0.05) is 32.2 Å². The van der Waals surface area contributed by atoms with Gasteiger partial charge in [0.25, 0.3) is 0 Å². The van der Waals surface area contributed by atoms with Crippen molar-refractivity contribution in [2.75, 3.05) is 47.9 Å². The van der Waals surface area contributed by atoms with Gasteiger partial charge in [0.2, 0.25) is 0 Å². The van der Waals surface area contributed by atoms with Crippen LogP contribution in [0.15, 0.2) is 29.3 Å². The van der Waals surface area contributed by atoms with E-state index in [0.717, 1.165) is 37.8 Å². The molecule has 0 aromatic heterocycles. The molecule has 0 fully saturated rings. The topological polar surface area (TPSA) is 40.1 Å². The number of benzene rings is 1. The van der Waals surface area contributed by atoms with Crippen LogP contribution in [-0.4, -0.2) is 63.6 Å². The summed E-state index contributed by atoms with van der Waals surface area (Å²) >= 11 is 0. The summed E-state index contributed by atoms with van der Waals surface area (Å²) in [5.74, 6) is 1.89. The quantitative estimate of drug-likeness (QED) is 0.206. The molecule has 1 aromatic rings. The molecule has 1 aromatic carbocycles. The van der Waals surface area contributed by atoms with E-state index in [-0.39, 0.29) is 24.0 Å². The van der Waals surface area contributed by atoms with E-state index in [9.17, 15) is 0 Å². The average Bonchev–Trinajstić information content (AvgIpc) is 2.63. The van der Waals surface area contributed by atoms with Crippen molar-refractivity contribution in [1.29, 1.82) is 0 Å². The summed E-state index contributed by atoms with van der Waals surface area (Å²) in [7, 11) is 8.07. The molecule has 0 aliphatic carbocycles. The molecular formula is C21H39IN4O. The lowest BCUT2D eigenvalue weighted by molar-refractivity contribution is 0.389. The van der Waals surface area contributed by atoms with Crippen molar-refractivity contribution in [3.63, 3.8) is 0 Å². The van der Waals surface area contributed by atoms with Crippen LogP contribution in [0.4, 0.5) is 0 Å². The predicted octanol–water partition coefficient (Wildman–Crippen LogP) is 4.22. The van der Waals surface area contributed by atoms with Crippen molar-refractivity contribution >= 4 is 29.9 Å². The highest BCUT2D eigenvalue weighted by Crippen LogP contribution is 2.18. The Morgan fingerprint density at radius 1 is 1.04 bits per heavy atom. The summed E-state index contributed by atoms with van der Waals surface area (Å²) in [4.78, 5) is 9.21. The molecule has 0 saturated heterocycles. The monoisotopic (exact) mass is 490 g/mol. The van der Waals surface area contributed by atoms with E-state index in [2.05, 4.69) is 49.2 Å². The number of nitrogens with one attached hydrogen (secondary N) is 1. The fraction of sp³-hybridized carbons (Fsp3) is 0.667. The Morgan fingerprint density at radius 3 is 2.37 bits per heavy atom. The normalized spacial score (nSPS) is 11.3. The van der Waals surface area contributed by atoms with Gasteiger partial charge in [-0.1, -0.05) is 37.5 Å². The molecule has 5 nitrogen and oxygen atoms in total. The van der Waals surface area contributed by atoms with Gasteiger partial charge in [0.1, 0.15) is 5.75 Å². The van der Waals surface area contributed by atoms with Crippen LogP contribution in [0.1, 0.15) is 44.6 Å². The maximum absolute atomic E-state index is 5.46. The van der Waals surface area contributed by atoms with Crippen LogP contribution in [0.25, 0.3) is 0 Å². The molecule has 0 heterocycles. The van der Waals surface area contributed by atoms with Gasteiger partial charge in [-0.05, 0) is 46.5 Å². The number of guanidine groups is 1. The molecule has 6 heteroatoms. The van der Waals surface area contributed by atoms with E-state index < -0.39 is 0 Å². The molecule has 0 aliphatic rings. The molecule has 0 aliphatic heterocycles. The van der Waals surface area contributed by atoms with Crippen molar-refractivity contribution in [3.05, 3.63) is 29.8 Å². The molecule has 1 rings (SSSR count). The Balaban J connectivity index is 0.00000676. The van der Waals surface area contributed by atoms with Gasteiger partial charge in [-0.15, -0.1) is 24.0 Å². The van der Waals surface area contributed by atoms with Crippen LogP contribution >= 0.6 is 24.0 Å². The molecule has 0 radical (unpaired) electrons. The highest BCUT2D eigenvalue weighted by Gasteiger charge is 2.09. The zero-order chi connectivity index (χ0) is 19.2. The zero-order valence-electron chi connectivity index (χ0n) is 17.8. The Kier molecular flexibility index (Phi) is 15.4. The number of hydrogen-bond donors (Lipinski definition) is 1. The molecule has 27 heavy (non-hydrogen) atoms. The van der Waals surface area contributed by atoms with Gasteiger partial charge in [-0.3, -0.25) is 4.99 Å². The summed E-state index contributed by atoms with van der Waals surface area (Å²) in [6.45, 7) is 5.83. The minimum absolute atomic E-state index is 0. The van der Waals surface area contributed by atoms with E-state index in [1.165, 1.54) is 37.8 Å². The average molecular weight is 490 g/mol. The third-order valence-electron chi connectivity index (χ3n) is 4.32.